The van der Waals surface area contributed by atoms with E-state index in [0.29, 0.717) is 6.04 Å². The standard InChI is InChI=1S/C16H25NS/c1-3-9-17-15(16-8-5-10-18-16)12-14-7-4-6-13(2)11-14/h4,6-7,11,15-17H,3,5,8-10,12H2,1-2H3. The first-order valence-electron chi connectivity index (χ1n) is 7.20. The largest absolute Gasteiger partial charge is 0.313 e. The lowest BCUT2D eigenvalue weighted by Crippen LogP contribution is -2.39. The van der Waals surface area contributed by atoms with Gasteiger partial charge in [-0.3, -0.25) is 0 Å². The second kappa shape index (κ2) is 7.20. The van der Waals surface area contributed by atoms with E-state index < -0.39 is 0 Å². The van der Waals surface area contributed by atoms with Crippen molar-refractivity contribution in [2.75, 3.05) is 12.3 Å². The highest BCUT2D eigenvalue weighted by Crippen LogP contribution is 2.30. The Kier molecular flexibility index (Phi) is 5.58. The normalized spacial score (nSPS) is 21.1. The van der Waals surface area contributed by atoms with Gasteiger partial charge >= 0.3 is 0 Å². The molecule has 1 aliphatic rings. The van der Waals surface area contributed by atoms with Crippen molar-refractivity contribution in [3.8, 4) is 0 Å². The van der Waals surface area contributed by atoms with Gasteiger partial charge in [-0.2, -0.15) is 11.8 Å². The molecule has 2 atom stereocenters. The van der Waals surface area contributed by atoms with Gasteiger partial charge in [0.25, 0.3) is 0 Å². The minimum absolute atomic E-state index is 0.652. The highest BCUT2D eigenvalue weighted by molar-refractivity contribution is 8.00. The van der Waals surface area contributed by atoms with Crippen molar-refractivity contribution >= 4 is 11.8 Å². The van der Waals surface area contributed by atoms with Crippen LogP contribution < -0.4 is 5.32 Å². The number of benzene rings is 1. The first kappa shape index (κ1) is 14.0. The topological polar surface area (TPSA) is 12.0 Å². The quantitative estimate of drug-likeness (QED) is 0.838. The van der Waals surface area contributed by atoms with Crippen molar-refractivity contribution in [2.45, 2.75) is 50.8 Å². The number of hydrogen-bond acceptors (Lipinski definition) is 2. The molecule has 0 amide bonds. The molecule has 2 rings (SSSR count). The molecule has 1 nitrogen and oxygen atoms in total. The Hall–Kier alpha value is -0.470. The third-order valence-corrected chi connectivity index (χ3v) is 5.13. The molecule has 2 unspecified atom stereocenters. The molecule has 1 aromatic carbocycles. The monoisotopic (exact) mass is 263 g/mol. The zero-order valence-corrected chi connectivity index (χ0v) is 12.4. The van der Waals surface area contributed by atoms with E-state index >= 15 is 0 Å². The van der Waals surface area contributed by atoms with Crippen molar-refractivity contribution < 1.29 is 0 Å². The van der Waals surface area contributed by atoms with E-state index in [1.54, 1.807) is 0 Å². The van der Waals surface area contributed by atoms with Crippen LogP contribution >= 0.6 is 11.8 Å². The summed E-state index contributed by atoms with van der Waals surface area (Å²) in [5, 5.41) is 4.58. The summed E-state index contributed by atoms with van der Waals surface area (Å²) < 4.78 is 0. The molecule has 1 heterocycles. The maximum Gasteiger partial charge on any atom is 0.0226 e. The summed E-state index contributed by atoms with van der Waals surface area (Å²) >= 11 is 2.16. The maximum absolute atomic E-state index is 3.76. The Morgan fingerprint density at radius 2 is 2.33 bits per heavy atom. The van der Waals surface area contributed by atoms with Gasteiger partial charge in [0, 0.05) is 11.3 Å². The van der Waals surface area contributed by atoms with Crippen LogP contribution in [0.5, 0.6) is 0 Å². The molecule has 1 aliphatic heterocycles. The second-order valence-electron chi connectivity index (χ2n) is 5.31. The number of nitrogens with one attached hydrogen (secondary N) is 1. The summed E-state index contributed by atoms with van der Waals surface area (Å²) in [6.45, 7) is 5.58. The van der Waals surface area contributed by atoms with E-state index in [-0.39, 0.29) is 0 Å². The minimum atomic E-state index is 0.652. The van der Waals surface area contributed by atoms with Gasteiger partial charge in [0.2, 0.25) is 0 Å². The molecule has 0 spiro atoms. The van der Waals surface area contributed by atoms with Crippen LogP contribution in [0.1, 0.15) is 37.3 Å². The highest BCUT2D eigenvalue weighted by Gasteiger charge is 2.25. The molecule has 0 radical (unpaired) electrons. The molecule has 1 fully saturated rings. The van der Waals surface area contributed by atoms with E-state index in [2.05, 4.69) is 55.2 Å². The summed E-state index contributed by atoms with van der Waals surface area (Å²) in [6, 6.07) is 9.62. The molecule has 0 aromatic heterocycles. The zero-order valence-electron chi connectivity index (χ0n) is 11.6. The molecule has 1 N–H and O–H groups in total. The molecule has 0 bridgehead atoms. The summed E-state index contributed by atoms with van der Waals surface area (Å²) in [5.74, 6) is 1.35. The van der Waals surface area contributed by atoms with E-state index in [4.69, 9.17) is 0 Å². The van der Waals surface area contributed by atoms with Gasteiger partial charge in [0.05, 0.1) is 0 Å². The van der Waals surface area contributed by atoms with E-state index in [9.17, 15) is 0 Å². The first-order valence-corrected chi connectivity index (χ1v) is 8.25. The van der Waals surface area contributed by atoms with E-state index in [1.165, 1.54) is 42.6 Å². The Labute approximate surface area is 116 Å². The van der Waals surface area contributed by atoms with Gasteiger partial charge < -0.3 is 5.32 Å². The number of hydrogen-bond donors (Lipinski definition) is 1. The molecule has 1 aromatic rings. The van der Waals surface area contributed by atoms with E-state index in [0.717, 1.165) is 11.8 Å². The van der Waals surface area contributed by atoms with Crippen LogP contribution in [0.15, 0.2) is 24.3 Å². The van der Waals surface area contributed by atoms with E-state index in [1.807, 2.05) is 0 Å². The molecule has 0 saturated carbocycles. The second-order valence-corrected chi connectivity index (χ2v) is 6.65. The van der Waals surface area contributed by atoms with Crippen molar-refractivity contribution in [3.63, 3.8) is 0 Å². The number of rotatable bonds is 6. The summed E-state index contributed by atoms with van der Waals surface area (Å²) in [7, 11) is 0. The van der Waals surface area contributed by atoms with Crippen LogP contribution in [0.4, 0.5) is 0 Å². The lowest BCUT2D eigenvalue weighted by molar-refractivity contribution is 0.482. The number of thioether (sulfide) groups is 1. The summed E-state index contributed by atoms with van der Waals surface area (Å²) in [4.78, 5) is 0. The van der Waals surface area contributed by atoms with Crippen molar-refractivity contribution in [1.29, 1.82) is 0 Å². The van der Waals surface area contributed by atoms with Crippen LogP contribution in [-0.2, 0) is 6.42 Å². The molecule has 100 valence electrons. The molecular formula is C16H25NS. The molecule has 18 heavy (non-hydrogen) atoms. The van der Waals surface area contributed by atoms with Gasteiger partial charge in [-0.1, -0.05) is 36.8 Å². The molecular weight excluding hydrogens is 238 g/mol. The van der Waals surface area contributed by atoms with Crippen LogP contribution in [-0.4, -0.2) is 23.6 Å². The third kappa shape index (κ3) is 4.03. The van der Waals surface area contributed by atoms with Gasteiger partial charge in [0.15, 0.2) is 0 Å². The van der Waals surface area contributed by atoms with Crippen molar-refractivity contribution in [2.24, 2.45) is 0 Å². The Bertz CT molecular complexity index is 358. The Morgan fingerprint density at radius 1 is 1.44 bits per heavy atom. The maximum atomic E-state index is 3.76. The molecule has 1 saturated heterocycles. The fraction of sp³-hybridized carbons (Fsp3) is 0.625. The van der Waals surface area contributed by atoms with Crippen LogP contribution in [0.25, 0.3) is 0 Å². The van der Waals surface area contributed by atoms with Gasteiger partial charge in [-0.15, -0.1) is 0 Å². The van der Waals surface area contributed by atoms with Crippen LogP contribution in [0, 0.1) is 6.92 Å². The zero-order chi connectivity index (χ0) is 12.8. The highest BCUT2D eigenvalue weighted by atomic mass is 32.2. The fourth-order valence-corrected chi connectivity index (χ4v) is 4.07. The van der Waals surface area contributed by atoms with Crippen LogP contribution in [0.3, 0.4) is 0 Å². The van der Waals surface area contributed by atoms with Gasteiger partial charge in [-0.05, 0) is 50.5 Å². The molecule has 2 heteroatoms. The van der Waals surface area contributed by atoms with Crippen molar-refractivity contribution in [1.82, 2.24) is 5.32 Å². The van der Waals surface area contributed by atoms with Crippen LogP contribution in [0.2, 0.25) is 0 Å². The van der Waals surface area contributed by atoms with Gasteiger partial charge in [-0.25, -0.2) is 0 Å². The first-order chi connectivity index (χ1) is 8.79. The smallest absolute Gasteiger partial charge is 0.0226 e. The number of aryl methyl sites for hydroxylation is 1. The summed E-state index contributed by atoms with van der Waals surface area (Å²) in [6.07, 6.45) is 5.19. The van der Waals surface area contributed by atoms with Gasteiger partial charge in [0.1, 0.15) is 0 Å². The lowest BCUT2D eigenvalue weighted by Gasteiger charge is -2.24. The minimum Gasteiger partial charge on any atom is -0.313 e. The Morgan fingerprint density at radius 3 is 3.00 bits per heavy atom. The SMILES string of the molecule is CCCNC(Cc1cccc(C)c1)C1CCCS1. The third-order valence-electron chi connectivity index (χ3n) is 3.61. The Balaban J connectivity index is 1.99. The summed E-state index contributed by atoms with van der Waals surface area (Å²) in [5.41, 5.74) is 2.86. The fourth-order valence-electron chi connectivity index (χ4n) is 2.68. The lowest BCUT2D eigenvalue weighted by atomic mass is 9.99. The predicted molar refractivity (Wildman–Crippen MR) is 82.4 cm³/mol. The predicted octanol–water partition coefficient (Wildman–Crippen LogP) is 3.80. The average Bonchev–Trinajstić information content (AvgIpc) is 2.88. The molecule has 0 aliphatic carbocycles. The average molecular weight is 263 g/mol. The van der Waals surface area contributed by atoms with Crippen molar-refractivity contribution in [3.05, 3.63) is 35.4 Å².